The average Bonchev–Trinajstić information content (AvgIpc) is 2.48. The summed E-state index contributed by atoms with van der Waals surface area (Å²) in [6.07, 6.45) is 0.364. The lowest BCUT2D eigenvalue weighted by Crippen LogP contribution is -2.41. The third-order valence-electron chi connectivity index (χ3n) is 3.62. The lowest BCUT2D eigenvalue weighted by molar-refractivity contribution is 0.195. The van der Waals surface area contributed by atoms with Gasteiger partial charge in [-0.3, -0.25) is 0 Å². The molecule has 0 aliphatic heterocycles. The molecule has 0 fully saturated rings. The van der Waals surface area contributed by atoms with Crippen LogP contribution in [0.25, 0.3) is 0 Å². The topological polar surface area (TPSA) is 46.2 Å². The lowest BCUT2D eigenvalue weighted by atomic mass is 9.76. The normalized spacial score (nSPS) is 14.0. The second kappa shape index (κ2) is 6.48. The third kappa shape index (κ3) is 3.08. The largest absolute Gasteiger partial charge is 0.395 e. The van der Waals surface area contributed by atoms with Crippen LogP contribution in [0.5, 0.6) is 0 Å². The van der Waals surface area contributed by atoms with E-state index in [4.69, 9.17) is 5.73 Å². The van der Waals surface area contributed by atoms with E-state index in [0.29, 0.717) is 16.5 Å². The van der Waals surface area contributed by atoms with Crippen molar-refractivity contribution in [2.75, 3.05) is 13.2 Å². The van der Waals surface area contributed by atoms with Crippen molar-refractivity contribution < 1.29 is 9.50 Å². The van der Waals surface area contributed by atoms with Gasteiger partial charge in [0.2, 0.25) is 0 Å². The number of halogens is 2. The predicted octanol–water partition coefficient (Wildman–Crippen LogP) is 3.02. The van der Waals surface area contributed by atoms with Crippen LogP contribution >= 0.6 is 15.9 Å². The van der Waals surface area contributed by atoms with Gasteiger partial charge in [-0.2, -0.15) is 0 Å². The summed E-state index contributed by atoms with van der Waals surface area (Å²) in [5.41, 5.74) is 6.71. The quantitative estimate of drug-likeness (QED) is 0.880. The monoisotopic (exact) mass is 337 g/mol. The number of hydrogen-bond donors (Lipinski definition) is 2. The van der Waals surface area contributed by atoms with Crippen LogP contribution in [0.15, 0.2) is 53.0 Å². The molecule has 0 bridgehead atoms. The Bertz CT molecular complexity index is 570. The van der Waals surface area contributed by atoms with Crippen LogP contribution in [0.2, 0.25) is 0 Å². The third-order valence-corrected chi connectivity index (χ3v) is 4.12. The summed E-state index contributed by atoms with van der Waals surface area (Å²) in [6, 6.07) is 14.5. The minimum absolute atomic E-state index is 0.122. The highest BCUT2D eigenvalue weighted by Gasteiger charge is 2.31. The van der Waals surface area contributed by atoms with Crippen LogP contribution in [0, 0.1) is 5.82 Å². The maximum absolute atomic E-state index is 14.0. The second-order valence-corrected chi connectivity index (χ2v) is 5.84. The zero-order chi connectivity index (χ0) is 14.6. The Hall–Kier alpha value is -1.23. The van der Waals surface area contributed by atoms with Gasteiger partial charge in [-0.15, -0.1) is 0 Å². The van der Waals surface area contributed by atoms with E-state index in [1.165, 1.54) is 6.07 Å². The van der Waals surface area contributed by atoms with Gasteiger partial charge in [0.15, 0.2) is 0 Å². The molecule has 0 aliphatic rings. The van der Waals surface area contributed by atoms with Gasteiger partial charge in [-0.05, 0) is 29.7 Å². The van der Waals surface area contributed by atoms with Crippen LogP contribution in [-0.2, 0) is 11.8 Å². The minimum atomic E-state index is -0.657. The van der Waals surface area contributed by atoms with Gasteiger partial charge in [0.25, 0.3) is 0 Å². The van der Waals surface area contributed by atoms with E-state index in [1.807, 2.05) is 30.3 Å². The Balaban J connectivity index is 2.39. The molecule has 0 heterocycles. The number of hydrogen-bond acceptors (Lipinski definition) is 2. The highest BCUT2D eigenvalue weighted by molar-refractivity contribution is 9.10. The summed E-state index contributed by atoms with van der Waals surface area (Å²) < 4.78 is 14.7. The van der Waals surface area contributed by atoms with Gasteiger partial charge in [-0.25, -0.2) is 4.39 Å². The molecule has 1 atom stereocenters. The molecule has 3 N–H and O–H groups in total. The molecule has 20 heavy (non-hydrogen) atoms. The molecular weight excluding hydrogens is 321 g/mol. The molecule has 106 valence electrons. The van der Waals surface area contributed by atoms with Crippen LogP contribution < -0.4 is 5.73 Å². The van der Waals surface area contributed by atoms with Gasteiger partial charge in [-0.1, -0.05) is 52.3 Å². The van der Waals surface area contributed by atoms with Crippen LogP contribution in [0.1, 0.15) is 11.1 Å². The molecule has 1 unspecified atom stereocenters. The number of nitrogens with two attached hydrogens (primary N) is 1. The van der Waals surface area contributed by atoms with Gasteiger partial charge in [0.05, 0.1) is 6.61 Å². The zero-order valence-electron chi connectivity index (χ0n) is 11.0. The summed E-state index contributed by atoms with van der Waals surface area (Å²) in [5, 5.41) is 9.83. The van der Waals surface area contributed by atoms with Crippen LogP contribution in [0.3, 0.4) is 0 Å². The number of aliphatic hydroxyl groups excluding tert-OH is 1. The molecule has 0 spiro atoms. The van der Waals surface area contributed by atoms with Crippen molar-refractivity contribution in [3.8, 4) is 0 Å². The maximum Gasteiger partial charge on any atom is 0.127 e. The maximum atomic E-state index is 14.0. The van der Waals surface area contributed by atoms with Crippen molar-refractivity contribution in [1.82, 2.24) is 0 Å². The lowest BCUT2D eigenvalue weighted by Gasteiger charge is -2.31. The minimum Gasteiger partial charge on any atom is -0.395 e. The number of rotatable bonds is 5. The van der Waals surface area contributed by atoms with E-state index in [2.05, 4.69) is 15.9 Å². The van der Waals surface area contributed by atoms with E-state index in [-0.39, 0.29) is 19.0 Å². The van der Waals surface area contributed by atoms with Crippen molar-refractivity contribution in [3.05, 3.63) is 69.9 Å². The van der Waals surface area contributed by atoms with Gasteiger partial charge < -0.3 is 10.8 Å². The van der Waals surface area contributed by atoms with Crippen molar-refractivity contribution in [3.63, 3.8) is 0 Å². The molecule has 0 radical (unpaired) electrons. The molecule has 0 saturated heterocycles. The van der Waals surface area contributed by atoms with E-state index in [1.54, 1.807) is 12.1 Å². The van der Waals surface area contributed by atoms with Gasteiger partial charge >= 0.3 is 0 Å². The summed E-state index contributed by atoms with van der Waals surface area (Å²) >= 11 is 3.24. The average molecular weight is 338 g/mol. The molecule has 2 nitrogen and oxygen atoms in total. The van der Waals surface area contributed by atoms with Crippen LogP contribution in [-0.4, -0.2) is 18.3 Å². The molecule has 2 rings (SSSR count). The molecule has 0 aromatic heterocycles. The first-order chi connectivity index (χ1) is 9.61. The van der Waals surface area contributed by atoms with Gasteiger partial charge in [0, 0.05) is 16.4 Å². The Labute approximate surface area is 126 Å². The molecule has 0 saturated carbocycles. The first-order valence-corrected chi connectivity index (χ1v) is 7.21. The van der Waals surface area contributed by atoms with Crippen molar-refractivity contribution in [2.45, 2.75) is 11.8 Å². The Morgan fingerprint density at radius 3 is 2.40 bits per heavy atom. The SMILES string of the molecule is NCC(CO)(Cc1ccc(Br)cc1F)c1ccccc1. The summed E-state index contributed by atoms with van der Waals surface area (Å²) in [7, 11) is 0. The Morgan fingerprint density at radius 2 is 1.85 bits per heavy atom. The predicted molar refractivity (Wildman–Crippen MR) is 82.1 cm³/mol. The van der Waals surface area contributed by atoms with E-state index in [0.717, 1.165) is 5.56 Å². The first kappa shape index (κ1) is 15.2. The highest BCUT2D eigenvalue weighted by atomic mass is 79.9. The van der Waals surface area contributed by atoms with Gasteiger partial charge in [0.1, 0.15) is 5.82 Å². The fourth-order valence-corrected chi connectivity index (χ4v) is 2.66. The standard InChI is InChI=1S/C16H17BrFNO/c17-14-7-6-12(15(18)8-14)9-16(10-19,11-20)13-4-2-1-3-5-13/h1-8,20H,9-11,19H2. The van der Waals surface area contributed by atoms with Crippen molar-refractivity contribution in [2.24, 2.45) is 5.73 Å². The fraction of sp³-hybridized carbons (Fsp3) is 0.250. The molecule has 0 aliphatic carbocycles. The molecule has 0 amide bonds. The molecule has 4 heteroatoms. The van der Waals surface area contributed by atoms with Crippen LogP contribution in [0.4, 0.5) is 4.39 Å². The highest BCUT2D eigenvalue weighted by Crippen LogP contribution is 2.29. The van der Waals surface area contributed by atoms with Crippen molar-refractivity contribution >= 4 is 15.9 Å². The number of benzene rings is 2. The molecular formula is C16H17BrFNO. The van der Waals surface area contributed by atoms with E-state index >= 15 is 0 Å². The number of aliphatic hydroxyl groups is 1. The summed E-state index contributed by atoms with van der Waals surface area (Å²) in [5.74, 6) is -0.290. The summed E-state index contributed by atoms with van der Waals surface area (Å²) in [6.45, 7) is 0.131. The fourth-order valence-electron chi connectivity index (χ4n) is 2.33. The van der Waals surface area contributed by atoms with E-state index < -0.39 is 5.41 Å². The second-order valence-electron chi connectivity index (χ2n) is 4.92. The van der Waals surface area contributed by atoms with E-state index in [9.17, 15) is 9.50 Å². The molecule has 2 aromatic carbocycles. The summed E-state index contributed by atoms with van der Waals surface area (Å²) in [4.78, 5) is 0. The first-order valence-electron chi connectivity index (χ1n) is 6.42. The molecule has 2 aromatic rings. The van der Waals surface area contributed by atoms with Crippen molar-refractivity contribution in [1.29, 1.82) is 0 Å². The Morgan fingerprint density at radius 1 is 1.15 bits per heavy atom. The smallest absolute Gasteiger partial charge is 0.127 e. The Kier molecular flexibility index (Phi) is 4.91. The zero-order valence-corrected chi connectivity index (χ0v) is 12.6.